The molecule has 132 valence electrons. The van der Waals surface area contributed by atoms with Crippen molar-refractivity contribution in [1.82, 2.24) is 19.7 Å². The number of nitrogens with zero attached hydrogens (tertiary/aromatic N) is 3. The minimum absolute atomic E-state index is 0.189. The van der Waals surface area contributed by atoms with Crippen molar-refractivity contribution in [2.75, 3.05) is 5.32 Å². The van der Waals surface area contributed by atoms with Crippen molar-refractivity contribution in [3.05, 3.63) is 64.6 Å². The van der Waals surface area contributed by atoms with Gasteiger partial charge in [-0.1, -0.05) is 42.5 Å². The number of fused-ring (bicyclic) bond motifs is 2. The Morgan fingerprint density at radius 1 is 1.08 bits per heavy atom. The topological polar surface area (TPSA) is 75.6 Å². The van der Waals surface area contributed by atoms with Gasteiger partial charge < -0.3 is 5.32 Å². The number of H-pyrrole nitrogens is 1. The molecule has 2 N–H and O–H groups in total. The van der Waals surface area contributed by atoms with E-state index >= 15 is 0 Å². The summed E-state index contributed by atoms with van der Waals surface area (Å²) in [5, 5.41) is 10.5. The second-order valence-corrected chi connectivity index (χ2v) is 7.37. The van der Waals surface area contributed by atoms with Crippen molar-refractivity contribution >= 4 is 27.8 Å². The third kappa shape index (κ3) is 2.83. The molecule has 0 radical (unpaired) electrons. The third-order valence-electron chi connectivity index (χ3n) is 4.40. The molecule has 0 unspecified atom stereocenters. The predicted molar refractivity (Wildman–Crippen MR) is 104 cm³/mol. The van der Waals surface area contributed by atoms with Crippen LogP contribution in [0.15, 0.2) is 53.5 Å². The van der Waals surface area contributed by atoms with E-state index in [0.717, 1.165) is 5.56 Å². The SMILES string of the molecule is CC(C)(C)n1ncc2c(=O)[nH]c(NCc3cccc4ccccc34)nc21. The molecule has 0 aliphatic carbocycles. The van der Waals surface area contributed by atoms with Gasteiger partial charge in [-0.3, -0.25) is 9.78 Å². The fraction of sp³-hybridized carbons (Fsp3) is 0.250. The molecule has 0 saturated carbocycles. The van der Waals surface area contributed by atoms with E-state index in [4.69, 9.17) is 0 Å². The first-order valence-corrected chi connectivity index (χ1v) is 8.62. The minimum atomic E-state index is -0.255. The molecule has 0 aliphatic heterocycles. The minimum Gasteiger partial charge on any atom is -0.352 e. The lowest BCUT2D eigenvalue weighted by molar-refractivity contribution is 0.366. The summed E-state index contributed by atoms with van der Waals surface area (Å²) >= 11 is 0. The molecule has 0 fully saturated rings. The first-order valence-electron chi connectivity index (χ1n) is 8.62. The second-order valence-electron chi connectivity index (χ2n) is 7.37. The largest absolute Gasteiger partial charge is 0.352 e. The van der Waals surface area contributed by atoms with Crippen molar-refractivity contribution in [2.24, 2.45) is 0 Å². The van der Waals surface area contributed by atoms with Crippen LogP contribution in [0.4, 0.5) is 5.95 Å². The van der Waals surface area contributed by atoms with Crippen molar-refractivity contribution in [3.63, 3.8) is 0 Å². The van der Waals surface area contributed by atoms with E-state index in [-0.39, 0.29) is 11.1 Å². The Labute approximate surface area is 150 Å². The zero-order chi connectivity index (χ0) is 18.3. The van der Waals surface area contributed by atoms with E-state index in [1.807, 2.05) is 39.0 Å². The molecule has 2 aromatic carbocycles. The number of aromatic amines is 1. The third-order valence-corrected chi connectivity index (χ3v) is 4.40. The lowest BCUT2D eigenvalue weighted by atomic mass is 10.0. The van der Waals surface area contributed by atoms with Gasteiger partial charge in [0, 0.05) is 6.54 Å². The molecule has 0 spiro atoms. The monoisotopic (exact) mass is 347 g/mol. The summed E-state index contributed by atoms with van der Waals surface area (Å²) in [6.45, 7) is 6.67. The van der Waals surface area contributed by atoms with Crippen LogP contribution in [0.3, 0.4) is 0 Å². The van der Waals surface area contributed by atoms with Crippen molar-refractivity contribution in [2.45, 2.75) is 32.9 Å². The quantitative estimate of drug-likeness (QED) is 0.593. The van der Waals surface area contributed by atoms with Gasteiger partial charge in [0.25, 0.3) is 5.56 Å². The maximum absolute atomic E-state index is 12.4. The second kappa shape index (κ2) is 5.98. The summed E-state index contributed by atoms with van der Waals surface area (Å²) in [4.78, 5) is 19.8. The number of benzene rings is 2. The van der Waals surface area contributed by atoms with Crippen LogP contribution in [0.5, 0.6) is 0 Å². The van der Waals surface area contributed by atoms with E-state index in [1.54, 1.807) is 10.9 Å². The Morgan fingerprint density at radius 3 is 2.65 bits per heavy atom. The molecule has 0 bridgehead atoms. The van der Waals surface area contributed by atoms with Gasteiger partial charge in [-0.25, -0.2) is 4.68 Å². The fourth-order valence-corrected chi connectivity index (χ4v) is 3.12. The Balaban J connectivity index is 1.70. The van der Waals surface area contributed by atoms with Gasteiger partial charge in [-0.2, -0.15) is 10.1 Å². The number of hydrogen-bond donors (Lipinski definition) is 2. The van der Waals surface area contributed by atoms with E-state index < -0.39 is 0 Å². The fourth-order valence-electron chi connectivity index (χ4n) is 3.12. The van der Waals surface area contributed by atoms with Crippen molar-refractivity contribution < 1.29 is 0 Å². The summed E-state index contributed by atoms with van der Waals surface area (Å²) in [5.41, 5.74) is 1.29. The maximum Gasteiger partial charge on any atom is 0.263 e. The van der Waals surface area contributed by atoms with Gasteiger partial charge in [0.1, 0.15) is 5.39 Å². The highest BCUT2D eigenvalue weighted by molar-refractivity contribution is 5.85. The van der Waals surface area contributed by atoms with Crippen molar-refractivity contribution in [3.8, 4) is 0 Å². The molecule has 0 atom stereocenters. The van der Waals surface area contributed by atoms with Gasteiger partial charge in [-0.05, 0) is 37.1 Å². The van der Waals surface area contributed by atoms with Crippen LogP contribution in [0, 0.1) is 0 Å². The van der Waals surface area contributed by atoms with Gasteiger partial charge in [0.05, 0.1) is 11.7 Å². The van der Waals surface area contributed by atoms with Gasteiger partial charge in [0.2, 0.25) is 5.95 Å². The smallest absolute Gasteiger partial charge is 0.263 e. The molecular weight excluding hydrogens is 326 g/mol. The maximum atomic E-state index is 12.4. The van der Waals surface area contributed by atoms with Crippen molar-refractivity contribution in [1.29, 1.82) is 0 Å². The molecule has 0 amide bonds. The number of anilines is 1. The van der Waals surface area contributed by atoms with E-state index in [2.05, 4.69) is 44.6 Å². The normalized spacial score (nSPS) is 12.0. The van der Waals surface area contributed by atoms with Gasteiger partial charge in [0.15, 0.2) is 5.65 Å². The first-order chi connectivity index (χ1) is 12.4. The van der Waals surface area contributed by atoms with Crippen LogP contribution < -0.4 is 10.9 Å². The Hall–Kier alpha value is -3.15. The number of nitrogens with one attached hydrogen (secondary N) is 2. The lowest BCUT2D eigenvalue weighted by Crippen LogP contribution is -2.24. The molecule has 0 saturated heterocycles. The molecule has 2 aromatic heterocycles. The Kier molecular flexibility index (Phi) is 3.76. The lowest BCUT2D eigenvalue weighted by Gasteiger charge is -2.19. The van der Waals surface area contributed by atoms with Crippen LogP contribution in [-0.4, -0.2) is 19.7 Å². The van der Waals surface area contributed by atoms with Gasteiger partial charge in [-0.15, -0.1) is 0 Å². The summed E-state index contributed by atoms with van der Waals surface area (Å²) in [5.74, 6) is 0.446. The Bertz CT molecular complexity index is 1140. The van der Waals surface area contributed by atoms with Crippen LogP contribution in [0.1, 0.15) is 26.3 Å². The van der Waals surface area contributed by atoms with E-state index in [0.29, 0.717) is 23.5 Å². The average Bonchev–Trinajstić information content (AvgIpc) is 3.05. The summed E-state index contributed by atoms with van der Waals surface area (Å²) in [6, 6.07) is 14.4. The summed E-state index contributed by atoms with van der Waals surface area (Å²) in [7, 11) is 0. The summed E-state index contributed by atoms with van der Waals surface area (Å²) in [6.07, 6.45) is 1.57. The molecule has 4 aromatic rings. The zero-order valence-corrected chi connectivity index (χ0v) is 15.1. The zero-order valence-electron chi connectivity index (χ0n) is 15.1. The number of aromatic nitrogens is 4. The predicted octanol–water partition coefficient (Wildman–Crippen LogP) is 3.64. The highest BCUT2D eigenvalue weighted by Gasteiger charge is 2.19. The molecule has 2 heterocycles. The number of hydrogen-bond acceptors (Lipinski definition) is 4. The molecule has 6 nitrogen and oxygen atoms in total. The highest BCUT2D eigenvalue weighted by Crippen LogP contribution is 2.21. The first kappa shape index (κ1) is 16.3. The molecule has 4 rings (SSSR count). The summed E-state index contributed by atoms with van der Waals surface area (Å²) < 4.78 is 1.78. The van der Waals surface area contributed by atoms with Crippen LogP contribution in [0.2, 0.25) is 0 Å². The van der Waals surface area contributed by atoms with Crippen LogP contribution in [0.25, 0.3) is 21.8 Å². The molecular formula is C20H21N5O. The number of rotatable bonds is 3. The molecule has 0 aliphatic rings. The average molecular weight is 347 g/mol. The Morgan fingerprint density at radius 2 is 1.85 bits per heavy atom. The molecule has 26 heavy (non-hydrogen) atoms. The van der Waals surface area contributed by atoms with Crippen LogP contribution in [-0.2, 0) is 12.1 Å². The molecule has 6 heteroatoms. The van der Waals surface area contributed by atoms with E-state index in [9.17, 15) is 4.79 Å². The highest BCUT2D eigenvalue weighted by atomic mass is 16.1. The van der Waals surface area contributed by atoms with E-state index in [1.165, 1.54) is 10.8 Å². The standard InChI is InChI=1S/C20H21N5O/c1-20(2,3)25-17-16(12-22-25)18(26)24-19(23-17)21-11-14-9-6-8-13-7-4-5-10-15(13)14/h4-10,12H,11H2,1-3H3,(H2,21,23,24,26). The van der Waals surface area contributed by atoms with Gasteiger partial charge >= 0.3 is 0 Å². The van der Waals surface area contributed by atoms with Crippen LogP contribution >= 0.6 is 0 Å².